The number of rotatable bonds is 8. The third kappa shape index (κ3) is 8.53. The maximum absolute atomic E-state index is 5.41. The van der Waals surface area contributed by atoms with Crippen molar-refractivity contribution in [3.63, 3.8) is 0 Å². The second kappa shape index (κ2) is 13.4. The molecular formula is C16H35IN4O. The molecule has 0 aromatic heterocycles. The van der Waals surface area contributed by atoms with Crippen LogP contribution in [-0.2, 0) is 4.74 Å². The third-order valence-corrected chi connectivity index (χ3v) is 4.24. The van der Waals surface area contributed by atoms with Crippen LogP contribution in [0.5, 0.6) is 0 Å². The fourth-order valence-corrected chi connectivity index (χ4v) is 2.50. The largest absolute Gasteiger partial charge is 0.379 e. The molecule has 2 N–H and O–H groups in total. The molecule has 0 saturated carbocycles. The lowest BCUT2D eigenvalue weighted by Gasteiger charge is -2.32. The molecular weight excluding hydrogens is 391 g/mol. The Hall–Kier alpha value is -0.0800. The highest BCUT2D eigenvalue weighted by atomic mass is 127. The highest BCUT2D eigenvalue weighted by molar-refractivity contribution is 14.0. The first-order chi connectivity index (χ1) is 10.2. The van der Waals surface area contributed by atoms with Crippen molar-refractivity contribution in [3.05, 3.63) is 0 Å². The maximum Gasteiger partial charge on any atom is 0.191 e. The Morgan fingerprint density at radius 2 is 1.77 bits per heavy atom. The zero-order valence-corrected chi connectivity index (χ0v) is 17.1. The van der Waals surface area contributed by atoms with Crippen LogP contribution in [0.25, 0.3) is 0 Å². The van der Waals surface area contributed by atoms with Gasteiger partial charge in [0.25, 0.3) is 0 Å². The zero-order valence-electron chi connectivity index (χ0n) is 14.7. The van der Waals surface area contributed by atoms with Crippen LogP contribution in [0.3, 0.4) is 0 Å². The van der Waals surface area contributed by atoms with E-state index in [0.717, 1.165) is 51.9 Å². The molecule has 6 heteroatoms. The fourth-order valence-electron chi connectivity index (χ4n) is 2.50. The minimum absolute atomic E-state index is 0. The van der Waals surface area contributed by atoms with Crippen LogP contribution in [0.2, 0.25) is 0 Å². The summed E-state index contributed by atoms with van der Waals surface area (Å²) in [6.07, 6.45) is 2.40. The van der Waals surface area contributed by atoms with Gasteiger partial charge in [0.1, 0.15) is 0 Å². The molecule has 132 valence electrons. The van der Waals surface area contributed by atoms with Crippen LogP contribution < -0.4 is 10.6 Å². The number of morpholine rings is 1. The molecule has 0 bridgehead atoms. The van der Waals surface area contributed by atoms with E-state index in [0.29, 0.717) is 12.0 Å². The van der Waals surface area contributed by atoms with Crippen molar-refractivity contribution in [2.45, 2.75) is 46.6 Å². The Kier molecular flexibility index (Phi) is 13.3. The van der Waals surface area contributed by atoms with E-state index in [1.165, 1.54) is 12.8 Å². The molecule has 0 aromatic carbocycles. The fraction of sp³-hybridized carbons (Fsp3) is 0.938. The van der Waals surface area contributed by atoms with Crippen molar-refractivity contribution in [1.29, 1.82) is 0 Å². The summed E-state index contributed by atoms with van der Waals surface area (Å²) in [6, 6.07) is 0.505. The van der Waals surface area contributed by atoms with Crippen LogP contribution in [0.1, 0.15) is 40.5 Å². The predicted octanol–water partition coefficient (Wildman–Crippen LogP) is 2.32. The van der Waals surface area contributed by atoms with Crippen LogP contribution in [-0.4, -0.2) is 62.8 Å². The van der Waals surface area contributed by atoms with E-state index in [2.05, 4.69) is 43.2 Å². The Bertz CT molecular complexity index is 292. The van der Waals surface area contributed by atoms with Gasteiger partial charge in [-0.2, -0.15) is 0 Å². The topological polar surface area (TPSA) is 48.9 Å². The standard InChI is InChI=1S/C16H34N4O.HI/c1-5-15(6-2)13-19-16(17-7-3)18-12-14(4)20-8-10-21-11-9-20;/h14-15H,5-13H2,1-4H3,(H2,17,18,19);1H. The SMILES string of the molecule is CCNC(=NCC(CC)CC)NCC(C)N1CCOCC1.I. The Morgan fingerprint density at radius 3 is 2.32 bits per heavy atom. The van der Waals surface area contributed by atoms with Gasteiger partial charge < -0.3 is 15.4 Å². The summed E-state index contributed by atoms with van der Waals surface area (Å²) in [7, 11) is 0. The predicted molar refractivity (Wildman–Crippen MR) is 105 cm³/mol. The number of nitrogens with zero attached hydrogens (tertiary/aromatic N) is 2. The minimum atomic E-state index is 0. The minimum Gasteiger partial charge on any atom is -0.379 e. The molecule has 1 rings (SSSR count). The lowest BCUT2D eigenvalue weighted by molar-refractivity contribution is 0.0211. The normalized spacial score (nSPS) is 18.0. The summed E-state index contributed by atoms with van der Waals surface area (Å²) in [6.45, 7) is 15.4. The molecule has 1 atom stereocenters. The van der Waals surface area contributed by atoms with Crippen LogP contribution in [0.15, 0.2) is 4.99 Å². The first-order valence-electron chi connectivity index (χ1n) is 8.55. The molecule has 0 radical (unpaired) electrons. The second-order valence-corrected chi connectivity index (χ2v) is 5.78. The van der Waals surface area contributed by atoms with Crippen molar-refractivity contribution in [3.8, 4) is 0 Å². The molecule has 1 saturated heterocycles. The van der Waals surface area contributed by atoms with E-state index in [1.807, 2.05) is 0 Å². The molecule has 0 amide bonds. The summed E-state index contributed by atoms with van der Waals surface area (Å²) in [5.74, 6) is 1.64. The van der Waals surface area contributed by atoms with Gasteiger partial charge in [0, 0.05) is 38.8 Å². The quantitative estimate of drug-likeness (QED) is 0.355. The van der Waals surface area contributed by atoms with Gasteiger partial charge in [0.2, 0.25) is 0 Å². The van der Waals surface area contributed by atoms with Crippen molar-refractivity contribution in [2.24, 2.45) is 10.9 Å². The first-order valence-corrected chi connectivity index (χ1v) is 8.55. The molecule has 0 aliphatic carbocycles. The van der Waals surface area contributed by atoms with Gasteiger partial charge in [-0.3, -0.25) is 9.89 Å². The van der Waals surface area contributed by atoms with Crippen molar-refractivity contribution < 1.29 is 4.74 Å². The molecule has 1 unspecified atom stereocenters. The zero-order chi connectivity index (χ0) is 15.5. The number of guanidine groups is 1. The Labute approximate surface area is 153 Å². The van der Waals surface area contributed by atoms with E-state index in [1.54, 1.807) is 0 Å². The number of hydrogen-bond donors (Lipinski definition) is 2. The van der Waals surface area contributed by atoms with Gasteiger partial charge in [0.15, 0.2) is 5.96 Å². The molecule has 1 fully saturated rings. The average molecular weight is 426 g/mol. The highest BCUT2D eigenvalue weighted by Crippen LogP contribution is 2.07. The van der Waals surface area contributed by atoms with E-state index in [9.17, 15) is 0 Å². The summed E-state index contributed by atoms with van der Waals surface area (Å²) in [5, 5.41) is 6.82. The Morgan fingerprint density at radius 1 is 1.14 bits per heavy atom. The van der Waals surface area contributed by atoms with E-state index in [4.69, 9.17) is 9.73 Å². The van der Waals surface area contributed by atoms with Crippen molar-refractivity contribution in [2.75, 3.05) is 45.9 Å². The molecule has 1 aliphatic heterocycles. The van der Waals surface area contributed by atoms with Gasteiger partial charge in [-0.15, -0.1) is 24.0 Å². The van der Waals surface area contributed by atoms with Crippen LogP contribution in [0.4, 0.5) is 0 Å². The van der Waals surface area contributed by atoms with Crippen LogP contribution >= 0.6 is 24.0 Å². The maximum atomic E-state index is 5.41. The summed E-state index contributed by atoms with van der Waals surface area (Å²) in [5.41, 5.74) is 0. The van der Waals surface area contributed by atoms with E-state index in [-0.39, 0.29) is 24.0 Å². The van der Waals surface area contributed by atoms with E-state index >= 15 is 0 Å². The van der Waals surface area contributed by atoms with Gasteiger partial charge >= 0.3 is 0 Å². The Balaban J connectivity index is 0.00000441. The summed E-state index contributed by atoms with van der Waals surface area (Å²) in [4.78, 5) is 7.20. The monoisotopic (exact) mass is 426 g/mol. The molecule has 1 aliphatic rings. The number of hydrogen-bond acceptors (Lipinski definition) is 3. The first kappa shape index (κ1) is 21.9. The smallest absolute Gasteiger partial charge is 0.191 e. The molecule has 1 heterocycles. The van der Waals surface area contributed by atoms with E-state index < -0.39 is 0 Å². The molecule has 0 spiro atoms. The summed E-state index contributed by atoms with van der Waals surface area (Å²) >= 11 is 0. The summed E-state index contributed by atoms with van der Waals surface area (Å²) < 4.78 is 5.41. The van der Waals surface area contributed by atoms with Gasteiger partial charge in [-0.05, 0) is 19.8 Å². The van der Waals surface area contributed by atoms with Gasteiger partial charge in [0.05, 0.1) is 13.2 Å². The molecule has 5 nitrogen and oxygen atoms in total. The van der Waals surface area contributed by atoms with Gasteiger partial charge in [-0.25, -0.2) is 0 Å². The third-order valence-electron chi connectivity index (χ3n) is 4.24. The number of ether oxygens (including phenoxy) is 1. The molecule has 0 aromatic rings. The van der Waals surface area contributed by atoms with Crippen molar-refractivity contribution >= 4 is 29.9 Å². The lowest BCUT2D eigenvalue weighted by atomic mass is 10.0. The van der Waals surface area contributed by atoms with Crippen molar-refractivity contribution in [1.82, 2.24) is 15.5 Å². The molecule has 22 heavy (non-hydrogen) atoms. The second-order valence-electron chi connectivity index (χ2n) is 5.78. The lowest BCUT2D eigenvalue weighted by Crippen LogP contribution is -2.49. The highest BCUT2D eigenvalue weighted by Gasteiger charge is 2.17. The number of aliphatic imine (C=N–C) groups is 1. The number of halogens is 1. The number of nitrogens with one attached hydrogen (secondary N) is 2. The van der Waals surface area contributed by atoms with Gasteiger partial charge in [-0.1, -0.05) is 26.7 Å². The van der Waals surface area contributed by atoms with Crippen LogP contribution in [0, 0.1) is 5.92 Å². The average Bonchev–Trinajstić information content (AvgIpc) is 2.53.